The number of amides is 4. The van der Waals surface area contributed by atoms with Gasteiger partial charge in [-0.25, -0.2) is 19.6 Å². The molecule has 59 heavy (non-hydrogen) atoms. The summed E-state index contributed by atoms with van der Waals surface area (Å²) >= 11 is 0. The minimum Gasteiger partial charge on any atom is -0.453 e. The average Bonchev–Trinajstić information content (AvgIpc) is 4.06. The highest BCUT2D eigenvalue weighted by atomic mass is 28.3. The predicted molar refractivity (Wildman–Crippen MR) is 227 cm³/mol. The minimum absolute atomic E-state index is 0.111. The third-order valence-electron chi connectivity index (χ3n) is 11.7. The van der Waals surface area contributed by atoms with Crippen molar-refractivity contribution in [1.82, 2.24) is 40.4 Å². The molecule has 0 spiro atoms. The summed E-state index contributed by atoms with van der Waals surface area (Å²) in [6, 6.07) is 17.5. The average molecular weight is 823 g/mol. The number of carbonyl (C=O) groups excluding carboxylic acids is 4. The van der Waals surface area contributed by atoms with E-state index in [1.54, 1.807) is 13.1 Å². The van der Waals surface area contributed by atoms with Crippen LogP contribution >= 0.6 is 0 Å². The third-order valence-corrected chi connectivity index (χ3v) is 14.4. The molecule has 2 aliphatic rings. The maximum Gasteiger partial charge on any atom is 0.407 e. The Morgan fingerprint density at radius 1 is 0.797 bits per heavy atom. The van der Waals surface area contributed by atoms with Gasteiger partial charge in [0.2, 0.25) is 11.8 Å². The Morgan fingerprint density at radius 2 is 1.46 bits per heavy atom. The maximum absolute atomic E-state index is 14.1. The smallest absolute Gasteiger partial charge is 0.407 e. The van der Waals surface area contributed by atoms with Crippen molar-refractivity contribution < 1.29 is 33.4 Å². The summed E-state index contributed by atoms with van der Waals surface area (Å²) in [6.07, 6.45) is 2.17. The van der Waals surface area contributed by atoms with E-state index < -0.39 is 38.4 Å². The van der Waals surface area contributed by atoms with Gasteiger partial charge in [-0.15, -0.1) is 0 Å². The van der Waals surface area contributed by atoms with Crippen LogP contribution in [0.3, 0.4) is 0 Å². The standard InChI is InChI=1S/C43H54N8O7Si/c1-24(2)35(48-42(54)57-5)40(52)50-19-9-10-33(50)38-44-21-32(46-38)27-13-11-26(12-14-27)28-15-17-30-29(20-28)16-18-31-37(30)47-39(45-31)34-22-59(7,8)23-51(34)41(53)36(25(3)56-4)49-43(55)58-6/h11-18,20-21,24-25,33-36H,9-10,19,22-23H2,1-8H3,(H,44,46)(H,45,47)(H,48,54)(H,49,55)/t25-,33+,34+,35+,36+/m1/s1. The van der Waals surface area contributed by atoms with Crippen LogP contribution in [0.25, 0.3) is 44.2 Å². The molecule has 0 saturated carbocycles. The van der Waals surface area contributed by atoms with E-state index in [9.17, 15) is 19.2 Å². The van der Waals surface area contributed by atoms with Crippen molar-refractivity contribution >= 4 is 53.9 Å². The summed E-state index contributed by atoms with van der Waals surface area (Å²) in [5.41, 5.74) is 5.67. The molecule has 0 bridgehead atoms. The van der Waals surface area contributed by atoms with Gasteiger partial charge in [0, 0.05) is 25.2 Å². The summed E-state index contributed by atoms with van der Waals surface area (Å²) in [5, 5.41) is 7.46. The van der Waals surface area contributed by atoms with E-state index in [4.69, 9.17) is 24.2 Å². The van der Waals surface area contributed by atoms with Crippen molar-refractivity contribution in [2.24, 2.45) is 5.92 Å². The molecule has 3 aromatic carbocycles. The molecule has 2 saturated heterocycles. The summed E-state index contributed by atoms with van der Waals surface area (Å²) in [7, 11) is 2.25. The fraction of sp³-hybridized carbons (Fsp3) is 0.442. The molecule has 2 aromatic heterocycles. The second kappa shape index (κ2) is 16.9. The van der Waals surface area contributed by atoms with E-state index in [-0.39, 0.29) is 29.8 Å². The molecule has 0 unspecified atom stereocenters. The molecule has 2 fully saturated rings. The molecule has 16 heteroatoms. The zero-order valence-corrected chi connectivity index (χ0v) is 35.9. The van der Waals surface area contributed by atoms with Crippen LogP contribution in [0.1, 0.15) is 57.3 Å². The number of fused-ring (bicyclic) bond motifs is 3. The molecule has 5 aromatic rings. The zero-order chi connectivity index (χ0) is 42.2. The van der Waals surface area contributed by atoms with Crippen molar-refractivity contribution in [1.29, 1.82) is 0 Å². The van der Waals surface area contributed by atoms with E-state index in [1.807, 2.05) is 29.7 Å². The van der Waals surface area contributed by atoms with Crippen LogP contribution in [0.5, 0.6) is 0 Å². The van der Waals surface area contributed by atoms with Gasteiger partial charge in [-0.05, 0) is 65.9 Å². The fourth-order valence-corrected chi connectivity index (χ4v) is 11.4. The number of alkyl carbamates (subject to hydrolysis) is 2. The van der Waals surface area contributed by atoms with Crippen LogP contribution in [-0.4, -0.2) is 114 Å². The van der Waals surface area contributed by atoms with Crippen LogP contribution in [-0.2, 0) is 23.8 Å². The predicted octanol–water partition coefficient (Wildman–Crippen LogP) is 6.71. The van der Waals surface area contributed by atoms with Gasteiger partial charge in [-0.3, -0.25) is 9.59 Å². The molecule has 4 heterocycles. The first-order valence-electron chi connectivity index (χ1n) is 20.1. The number of likely N-dealkylation sites (tertiary alicyclic amines) is 1. The number of ether oxygens (including phenoxy) is 3. The van der Waals surface area contributed by atoms with Gasteiger partial charge >= 0.3 is 12.2 Å². The quantitative estimate of drug-likeness (QED) is 0.105. The van der Waals surface area contributed by atoms with Gasteiger partial charge < -0.3 is 44.6 Å². The van der Waals surface area contributed by atoms with Crippen molar-refractivity contribution in [3.8, 4) is 22.4 Å². The van der Waals surface area contributed by atoms with E-state index in [0.29, 0.717) is 12.7 Å². The van der Waals surface area contributed by atoms with E-state index >= 15 is 0 Å². The largest absolute Gasteiger partial charge is 0.453 e. The highest BCUT2D eigenvalue weighted by Crippen LogP contribution is 2.39. The lowest BCUT2D eigenvalue weighted by molar-refractivity contribution is -0.137. The highest BCUT2D eigenvalue weighted by Gasteiger charge is 2.46. The number of rotatable bonds is 11. The molecular weight excluding hydrogens is 769 g/mol. The number of methoxy groups -OCH3 is 3. The number of aromatic nitrogens is 4. The molecule has 4 amide bonds. The molecule has 15 nitrogen and oxygen atoms in total. The number of nitrogens with zero attached hydrogens (tertiary/aromatic N) is 4. The first kappa shape index (κ1) is 41.4. The molecule has 7 rings (SSSR count). The molecule has 0 radical (unpaired) electrons. The number of imidazole rings is 2. The van der Waals surface area contributed by atoms with Gasteiger partial charge in [0.25, 0.3) is 0 Å². The van der Waals surface area contributed by atoms with Crippen molar-refractivity contribution in [3.63, 3.8) is 0 Å². The van der Waals surface area contributed by atoms with Crippen molar-refractivity contribution in [3.05, 3.63) is 72.4 Å². The van der Waals surface area contributed by atoms with E-state index in [2.05, 4.69) is 82.2 Å². The zero-order valence-electron chi connectivity index (χ0n) is 34.9. The topological polar surface area (TPSA) is 184 Å². The number of H-pyrrole nitrogens is 2. The summed E-state index contributed by atoms with van der Waals surface area (Å²) in [5.74, 6) is 0.970. The maximum atomic E-state index is 14.1. The lowest BCUT2D eigenvalue weighted by atomic mass is 9.99. The summed E-state index contributed by atoms with van der Waals surface area (Å²) < 4.78 is 15.1. The number of aromatic amines is 2. The number of hydrogen-bond acceptors (Lipinski definition) is 9. The van der Waals surface area contributed by atoms with Crippen molar-refractivity contribution in [2.45, 2.75) is 83.0 Å². The molecule has 0 aliphatic carbocycles. The van der Waals surface area contributed by atoms with Crippen LogP contribution in [0.15, 0.2) is 60.8 Å². The van der Waals surface area contributed by atoms with Crippen LogP contribution < -0.4 is 10.6 Å². The Bertz CT molecular complexity index is 2360. The van der Waals surface area contributed by atoms with Crippen LogP contribution in [0.4, 0.5) is 9.59 Å². The molecular formula is C43H54N8O7Si. The Morgan fingerprint density at radius 3 is 2.14 bits per heavy atom. The lowest BCUT2D eigenvalue weighted by Crippen LogP contribution is -2.54. The second-order valence-electron chi connectivity index (χ2n) is 16.7. The van der Waals surface area contributed by atoms with Crippen LogP contribution in [0.2, 0.25) is 19.1 Å². The molecule has 5 atom stereocenters. The Balaban J connectivity index is 1.09. The number of carbonyl (C=O) groups is 4. The fourth-order valence-electron chi connectivity index (χ4n) is 8.48. The van der Waals surface area contributed by atoms with E-state index in [1.165, 1.54) is 21.3 Å². The molecule has 312 valence electrons. The van der Waals surface area contributed by atoms with Crippen molar-refractivity contribution in [2.75, 3.05) is 34.0 Å². The molecule has 2 aliphatic heterocycles. The Kier molecular flexibility index (Phi) is 11.8. The highest BCUT2D eigenvalue weighted by molar-refractivity contribution is 6.78. The summed E-state index contributed by atoms with van der Waals surface area (Å²) in [4.78, 5) is 72.3. The van der Waals surface area contributed by atoms with Gasteiger partial charge in [-0.2, -0.15) is 0 Å². The molecule has 4 N–H and O–H groups in total. The van der Waals surface area contributed by atoms with Gasteiger partial charge in [0.15, 0.2) is 0 Å². The third kappa shape index (κ3) is 8.41. The minimum atomic E-state index is -1.82. The normalized spacial score (nSPS) is 19.2. The Labute approximate surface area is 344 Å². The second-order valence-corrected chi connectivity index (χ2v) is 21.8. The SMILES string of the molecule is COC(=O)N[C@H](C(=O)N1CCC[C@H]1c1ncc(-c2ccc(-c3ccc4c(ccc5nc([C@@H]6C[Si](C)(C)CN6C(=O)[C@@H](NC(=O)OC)[C@@H](C)OC)[nH]c54)c3)cc2)[nH]1)C(C)C. The lowest BCUT2D eigenvalue weighted by Gasteiger charge is -2.31. The number of benzene rings is 3. The number of hydrogen-bond donors (Lipinski definition) is 4. The van der Waals surface area contributed by atoms with Crippen LogP contribution in [0, 0.1) is 5.92 Å². The monoisotopic (exact) mass is 822 g/mol. The van der Waals surface area contributed by atoms with E-state index in [0.717, 1.165) is 74.7 Å². The van der Waals surface area contributed by atoms with Gasteiger partial charge in [-0.1, -0.05) is 69.4 Å². The first-order valence-corrected chi connectivity index (χ1v) is 23.5. The number of nitrogens with one attached hydrogen (secondary N) is 4. The summed E-state index contributed by atoms with van der Waals surface area (Å²) in [6.45, 7) is 10.7. The Hall–Kier alpha value is -5.74. The van der Waals surface area contributed by atoms with Gasteiger partial charge in [0.05, 0.1) is 63.4 Å². The van der Waals surface area contributed by atoms with Gasteiger partial charge in [0.1, 0.15) is 23.7 Å². The first-order chi connectivity index (χ1) is 28.2.